The van der Waals surface area contributed by atoms with Gasteiger partial charge in [-0.2, -0.15) is 0 Å². The van der Waals surface area contributed by atoms with Crippen molar-refractivity contribution in [1.82, 2.24) is 4.90 Å². The van der Waals surface area contributed by atoms with Gasteiger partial charge in [0, 0.05) is 32.8 Å². The minimum absolute atomic E-state index is 0.513. The van der Waals surface area contributed by atoms with E-state index in [-0.39, 0.29) is 0 Å². The lowest BCUT2D eigenvalue weighted by atomic mass is 10.2. The molecule has 1 aliphatic rings. The molecular formula is C15H22NO2. The van der Waals surface area contributed by atoms with Crippen molar-refractivity contribution in [2.75, 3.05) is 27.4 Å². The molecule has 1 aliphatic heterocycles. The van der Waals surface area contributed by atoms with E-state index in [2.05, 4.69) is 23.1 Å². The van der Waals surface area contributed by atoms with Gasteiger partial charge in [-0.15, -0.1) is 0 Å². The molecule has 1 saturated heterocycles. The first kappa shape index (κ1) is 13.5. The van der Waals surface area contributed by atoms with E-state index in [0.717, 1.165) is 19.8 Å². The number of hydrogen-bond donors (Lipinski definition) is 0. The minimum Gasteiger partial charge on any atom is -0.383 e. The second-order valence-electron chi connectivity index (χ2n) is 4.88. The Morgan fingerprint density at radius 1 is 1.11 bits per heavy atom. The topological polar surface area (TPSA) is 21.7 Å². The molecular weight excluding hydrogens is 226 g/mol. The third-order valence-corrected chi connectivity index (χ3v) is 3.64. The molecule has 99 valence electrons. The van der Waals surface area contributed by atoms with Crippen molar-refractivity contribution < 1.29 is 9.47 Å². The van der Waals surface area contributed by atoms with Gasteiger partial charge in [-0.05, 0) is 24.5 Å². The molecule has 18 heavy (non-hydrogen) atoms. The summed E-state index contributed by atoms with van der Waals surface area (Å²) in [6, 6.07) is 12.3. The van der Waals surface area contributed by atoms with E-state index < -0.39 is 0 Å². The standard InChI is InChI=1S/C15H22NO2/c1-17-11-14-8-9-15(12-18-2)16(14)10-13-6-4-3-5-7-13/h4-7,14-15H,8-12H2,1-2H3/t14-,15-/m0/s1. The van der Waals surface area contributed by atoms with Crippen molar-refractivity contribution in [1.29, 1.82) is 0 Å². The zero-order chi connectivity index (χ0) is 12.8. The molecule has 3 heteroatoms. The van der Waals surface area contributed by atoms with Crippen LogP contribution in [0.3, 0.4) is 0 Å². The maximum Gasteiger partial charge on any atom is 0.0618 e. The fraction of sp³-hybridized carbons (Fsp3) is 0.600. The Bertz CT molecular complexity index is 328. The quantitative estimate of drug-likeness (QED) is 0.769. The van der Waals surface area contributed by atoms with E-state index in [1.54, 1.807) is 14.2 Å². The predicted molar refractivity (Wildman–Crippen MR) is 71.4 cm³/mol. The third-order valence-electron chi connectivity index (χ3n) is 3.64. The molecule has 0 bridgehead atoms. The van der Waals surface area contributed by atoms with Crippen LogP contribution >= 0.6 is 0 Å². The van der Waals surface area contributed by atoms with Crippen molar-refractivity contribution in [2.45, 2.75) is 31.5 Å². The summed E-state index contributed by atoms with van der Waals surface area (Å²) in [4.78, 5) is 2.52. The van der Waals surface area contributed by atoms with Crippen molar-refractivity contribution in [3.8, 4) is 0 Å². The molecule has 3 nitrogen and oxygen atoms in total. The monoisotopic (exact) mass is 248 g/mol. The summed E-state index contributed by atoms with van der Waals surface area (Å²) in [6.45, 7) is 2.58. The zero-order valence-corrected chi connectivity index (χ0v) is 11.3. The average molecular weight is 248 g/mol. The maximum absolute atomic E-state index is 5.33. The predicted octanol–water partition coefficient (Wildman–Crippen LogP) is 2.11. The van der Waals surface area contributed by atoms with Gasteiger partial charge in [-0.25, -0.2) is 0 Å². The van der Waals surface area contributed by atoms with Gasteiger partial charge < -0.3 is 9.47 Å². The highest BCUT2D eigenvalue weighted by molar-refractivity contribution is 5.14. The van der Waals surface area contributed by atoms with Crippen LogP contribution in [0.4, 0.5) is 0 Å². The van der Waals surface area contributed by atoms with Crippen LogP contribution in [0, 0.1) is 6.07 Å². The average Bonchev–Trinajstić information content (AvgIpc) is 2.75. The molecule has 1 aromatic carbocycles. The fourth-order valence-corrected chi connectivity index (χ4v) is 2.75. The van der Waals surface area contributed by atoms with Crippen LogP contribution in [0.5, 0.6) is 0 Å². The van der Waals surface area contributed by atoms with Crippen LogP contribution in [0.1, 0.15) is 18.4 Å². The highest BCUT2D eigenvalue weighted by Crippen LogP contribution is 2.26. The second-order valence-corrected chi connectivity index (χ2v) is 4.88. The van der Waals surface area contributed by atoms with E-state index in [1.807, 2.05) is 12.1 Å². The zero-order valence-electron chi connectivity index (χ0n) is 11.3. The molecule has 1 fully saturated rings. The van der Waals surface area contributed by atoms with Gasteiger partial charge in [0.1, 0.15) is 0 Å². The van der Waals surface area contributed by atoms with E-state index in [1.165, 1.54) is 18.4 Å². The lowest BCUT2D eigenvalue weighted by Crippen LogP contribution is -2.40. The summed E-state index contributed by atoms with van der Waals surface area (Å²) in [5.41, 5.74) is 1.33. The van der Waals surface area contributed by atoms with E-state index in [9.17, 15) is 0 Å². The van der Waals surface area contributed by atoms with Crippen molar-refractivity contribution in [3.63, 3.8) is 0 Å². The second kappa shape index (κ2) is 6.88. The Balaban J connectivity index is 2.03. The summed E-state index contributed by atoms with van der Waals surface area (Å²) in [7, 11) is 3.55. The molecule has 0 aromatic heterocycles. The Morgan fingerprint density at radius 3 is 2.17 bits per heavy atom. The van der Waals surface area contributed by atoms with Crippen LogP contribution in [0.15, 0.2) is 24.3 Å². The first-order valence-electron chi connectivity index (χ1n) is 6.53. The van der Waals surface area contributed by atoms with Crippen LogP contribution in [-0.4, -0.2) is 44.4 Å². The van der Waals surface area contributed by atoms with Gasteiger partial charge in [-0.1, -0.05) is 24.3 Å². The van der Waals surface area contributed by atoms with Gasteiger partial charge in [0.15, 0.2) is 0 Å². The lowest BCUT2D eigenvalue weighted by Gasteiger charge is -2.29. The van der Waals surface area contributed by atoms with Gasteiger partial charge in [-0.3, -0.25) is 4.90 Å². The number of nitrogens with zero attached hydrogens (tertiary/aromatic N) is 1. The van der Waals surface area contributed by atoms with Gasteiger partial charge >= 0.3 is 0 Å². The van der Waals surface area contributed by atoms with Gasteiger partial charge in [0.05, 0.1) is 13.2 Å². The normalized spacial score (nSPS) is 24.6. The summed E-state index contributed by atoms with van der Waals surface area (Å²) in [5, 5.41) is 0. The van der Waals surface area contributed by atoms with Crippen LogP contribution in [-0.2, 0) is 16.0 Å². The van der Waals surface area contributed by atoms with E-state index in [4.69, 9.17) is 9.47 Å². The van der Waals surface area contributed by atoms with E-state index in [0.29, 0.717) is 12.1 Å². The number of benzene rings is 1. The fourth-order valence-electron chi connectivity index (χ4n) is 2.75. The van der Waals surface area contributed by atoms with E-state index >= 15 is 0 Å². The summed E-state index contributed by atoms with van der Waals surface area (Å²) in [6.07, 6.45) is 2.39. The van der Waals surface area contributed by atoms with Crippen LogP contribution in [0.2, 0.25) is 0 Å². The molecule has 2 rings (SSSR count). The lowest BCUT2D eigenvalue weighted by molar-refractivity contribution is 0.0580. The molecule has 0 saturated carbocycles. The van der Waals surface area contributed by atoms with Gasteiger partial charge in [0.2, 0.25) is 0 Å². The highest BCUT2D eigenvalue weighted by atomic mass is 16.5. The molecule has 0 unspecified atom stereocenters. The summed E-state index contributed by atoms with van der Waals surface area (Å²) < 4.78 is 10.7. The van der Waals surface area contributed by atoms with Crippen molar-refractivity contribution in [3.05, 3.63) is 35.9 Å². The molecule has 0 aliphatic carbocycles. The molecule has 1 heterocycles. The Kier molecular flexibility index (Phi) is 5.17. The molecule has 0 amide bonds. The summed E-state index contributed by atoms with van der Waals surface area (Å²) in [5.74, 6) is 0. The SMILES string of the molecule is COC[C@@H]1CC[C@@H](COC)N1Cc1cc[c]cc1. The third kappa shape index (κ3) is 3.31. The number of hydrogen-bond acceptors (Lipinski definition) is 3. The van der Waals surface area contributed by atoms with Crippen molar-refractivity contribution >= 4 is 0 Å². The minimum atomic E-state index is 0.513. The van der Waals surface area contributed by atoms with Crippen LogP contribution < -0.4 is 0 Å². The molecule has 0 N–H and O–H groups in total. The number of ether oxygens (including phenoxy) is 2. The maximum atomic E-state index is 5.33. The Morgan fingerprint density at radius 2 is 1.67 bits per heavy atom. The molecule has 2 atom stereocenters. The Hall–Kier alpha value is -0.900. The number of methoxy groups -OCH3 is 2. The number of likely N-dealkylation sites (tertiary alicyclic amines) is 1. The molecule has 1 radical (unpaired) electrons. The van der Waals surface area contributed by atoms with Crippen molar-refractivity contribution in [2.24, 2.45) is 0 Å². The number of rotatable bonds is 6. The van der Waals surface area contributed by atoms with Gasteiger partial charge in [0.25, 0.3) is 0 Å². The highest BCUT2D eigenvalue weighted by Gasteiger charge is 2.32. The smallest absolute Gasteiger partial charge is 0.0618 e. The largest absolute Gasteiger partial charge is 0.383 e. The molecule has 1 aromatic rings. The first-order valence-corrected chi connectivity index (χ1v) is 6.53. The summed E-state index contributed by atoms with van der Waals surface area (Å²) >= 11 is 0. The van der Waals surface area contributed by atoms with Crippen LogP contribution in [0.25, 0.3) is 0 Å². The molecule has 0 spiro atoms. The Labute approximate surface area is 110 Å². The first-order chi connectivity index (χ1) is 8.85.